The molecule has 3 rings (SSSR count). The molecule has 1 aromatic rings. The SMILES string of the molecule is O=C(NCCO)C(=O)Nc1ccc2c(c1)N(C(=O)C1CC1)CCC2. The molecule has 0 unspecified atom stereocenters. The molecular formula is C17H21N3O4. The second kappa shape index (κ2) is 7.00. The van der Waals surface area contributed by atoms with Crippen LogP contribution in [0.3, 0.4) is 0 Å². The Morgan fingerprint density at radius 1 is 1.21 bits per heavy atom. The predicted molar refractivity (Wildman–Crippen MR) is 88.6 cm³/mol. The quantitative estimate of drug-likeness (QED) is 0.697. The van der Waals surface area contributed by atoms with Gasteiger partial charge >= 0.3 is 11.8 Å². The van der Waals surface area contributed by atoms with Crippen LogP contribution in [0.5, 0.6) is 0 Å². The number of rotatable bonds is 4. The standard InChI is InChI=1S/C17H21N3O4/c21-9-7-18-15(22)16(23)19-13-6-5-11-2-1-8-20(14(11)10-13)17(24)12-3-4-12/h5-6,10,12,21H,1-4,7-9H2,(H,18,22)(H,19,23). The van der Waals surface area contributed by atoms with E-state index in [1.165, 1.54) is 0 Å². The predicted octanol–water partition coefficient (Wildman–Crippen LogP) is 0.423. The third-order valence-electron chi connectivity index (χ3n) is 4.26. The molecule has 0 bridgehead atoms. The highest BCUT2D eigenvalue weighted by Gasteiger charge is 2.35. The lowest BCUT2D eigenvalue weighted by molar-refractivity contribution is -0.136. The minimum Gasteiger partial charge on any atom is -0.395 e. The summed E-state index contributed by atoms with van der Waals surface area (Å²) in [4.78, 5) is 37.6. The average molecular weight is 331 g/mol. The number of carbonyl (C=O) groups is 3. The number of benzene rings is 1. The van der Waals surface area contributed by atoms with Crippen molar-refractivity contribution in [1.82, 2.24) is 5.32 Å². The molecule has 7 heteroatoms. The van der Waals surface area contributed by atoms with Gasteiger partial charge in [-0.25, -0.2) is 0 Å². The second-order valence-electron chi connectivity index (χ2n) is 6.14. The maximum atomic E-state index is 12.4. The highest BCUT2D eigenvalue weighted by Crippen LogP contribution is 2.36. The van der Waals surface area contributed by atoms with Crippen molar-refractivity contribution in [2.45, 2.75) is 25.7 Å². The topological polar surface area (TPSA) is 98.7 Å². The smallest absolute Gasteiger partial charge is 0.313 e. The van der Waals surface area contributed by atoms with Crippen LogP contribution >= 0.6 is 0 Å². The molecule has 2 aliphatic rings. The van der Waals surface area contributed by atoms with Gasteiger partial charge in [0.05, 0.1) is 6.61 Å². The number of fused-ring (bicyclic) bond motifs is 1. The molecule has 1 saturated carbocycles. The van der Waals surface area contributed by atoms with Gasteiger partial charge < -0.3 is 20.6 Å². The summed E-state index contributed by atoms with van der Waals surface area (Å²) < 4.78 is 0. The number of aliphatic hydroxyl groups is 1. The maximum absolute atomic E-state index is 12.4. The van der Waals surface area contributed by atoms with Crippen LogP contribution in [0.4, 0.5) is 11.4 Å². The second-order valence-corrected chi connectivity index (χ2v) is 6.14. The molecule has 1 aliphatic heterocycles. The van der Waals surface area contributed by atoms with E-state index in [2.05, 4.69) is 10.6 Å². The first-order valence-corrected chi connectivity index (χ1v) is 8.24. The van der Waals surface area contributed by atoms with Gasteiger partial charge in [0.25, 0.3) is 0 Å². The van der Waals surface area contributed by atoms with E-state index in [0.717, 1.165) is 36.9 Å². The van der Waals surface area contributed by atoms with Crippen LogP contribution in [-0.4, -0.2) is 42.5 Å². The molecule has 0 radical (unpaired) electrons. The Hall–Kier alpha value is -2.41. The summed E-state index contributed by atoms with van der Waals surface area (Å²) in [5, 5.41) is 13.5. The van der Waals surface area contributed by atoms with Crippen LogP contribution in [0, 0.1) is 5.92 Å². The highest BCUT2D eigenvalue weighted by molar-refractivity contribution is 6.39. The van der Waals surface area contributed by atoms with Crippen LogP contribution in [0.25, 0.3) is 0 Å². The summed E-state index contributed by atoms with van der Waals surface area (Å²) in [7, 11) is 0. The van der Waals surface area contributed by atoms with Crippen LogP contribution < -0.4 is 15.5 Å². The zero-order chi connectivity index (χ0) is 17.1. The molecule has 24 heavy (non-hydrogen) atoms. The molecule has 0 aromatic heterocycles. The lowest BCUT2D eigenvalue weighted by Gasteiger charge is -2.30. The summed E-state index contributed by atoms with van der Waals surface area (Å²) in [6, 6.07) is 5.38. The van der Waals surface area contributed by atoms with Gasteiger partial charge in [0.1, 0.15) is 0 Å². The number of aliphatic hydroxyl groups excluding tert-OH is 1. The summed E-state index contributed by atoms with van der Waals surface area (Å²) in [6.07, 6.45) is 3.73. The number of nitrogens with zero attached hydrogens (tertiary/aromatic N) is 1. The molecule has 3 amide bonds. The number of hydrogen-bond acceptors (Lipinski definition) is 4. The lowest BCUT2D eigenvalue weighted by Crippen LogP contribution is -2.37. The van der Waals surface area contributed by atoms with Crippen molar-refractivity contribution in [3.8, 4) is 0 Å². The fraction of sp³-hybridized carbons (Fsp3) is 0.471. The number of anilines is 2. The van der Waals surface area contributed by atoms with Gasteiger partial charge in [0.2, 0.25) is 5.91 Å². The summed E-state index contributed by atoms with van der Waals surface area (Å²) in [5.41, 5.74) is 2.39. The Bertz CT molecular complexity index is 670. The number of nitrogens with one attached hydrogen (secondary N) is 2. The fourth-order valence-corrected chi connectivity index (χ4v) is 2.87. The number of hydrogen-bond donors (Lipinski definition) is 3. The van der Waals surface area contributed by atoms with Crippen LogP contribution in [0.1, 0.15) is 24.8 Å². The Labute approximate surface area is 140 Å². The minimum atomic E-state index is -0.798. The first-order chi connectivity index (χ1) is 11.6. The van der Waals surface area contributed by atoms with Gasteiger partial charge in [0.15, 0.2) is 0 Å². The molecule has 1 aromatic carbocycles. The van der Waals surface area contributed by atoms with Gasteiger partial charge in [0, 0.05) is 30.4 Å². The summed E-state index contributed by atoms with van der Waals surface area (Å²) in [5.74, 6) is -1.30. The zero-order valence-electron chi connectivity index (χ0n) is 13.4. The third-order valence-corrected chi connectivity index (χ3v) is 4.26. The van der Waals surface area contributed by atoms with Gasteiger partial charge in [-0.1, -0.05) is 6.07 Å². The van der Waals surface area contributed by atoms with Crippen molar-refractivity contribution in [2.75, 3.05) is 29.9 Å². The van der Waals surface area contributed by atoms with Gasteiger partial charge in [-0.3, -0.25) is 14.4 Å². The maximum Gasteiger partial charge on any atom is 0.313 e. The van der Waals surface area contributed by atoms with E-state index in [1.807, 2.05) is 6.07 Å². The van der Waals surface area contributed by atoms with Crippen molar-refractivity contribution >= 4 is 29.1 Å². The molecular weight excluding hydrogens is 310 g/mol. The molecule has 1 aliphatic carbocycles. The Balaban J connectivity index is 1.74. The van der Waals surface area contributed by atoms with E-state index in [-0.39, 0.29) is 25.0 Å². The summed E-state index contributed by atoms with van der Waals surface area (Å²) >= 11 is 0. The van der Waals surface area contributed by atoms with Crippen molar-refractivity contribution in [2.24, 2.45) is 5.92 Å². The highest BCUT2D eigenvalue weighted by atomic mass is 16.3. The first kappa shape index (κ1) is 16.4. The van der Waals surface area contributed by atoms with E-state index < -0.39 is 11.8 Å². The molecule has 7 nitrogen and oxygen atoms in total. The van der Waals surface area contributed by atoms with E-state index in [0.29, 0.717) is 12.2 Å². The third kappa shape index (κ3) is 3.56. The fourth-order valence-electron chi connectivity index (χ4n) is 2.87. The van der Waals surface area contributed by atoms with Crippen molar-refractivity contribution in [3.63, 3.8) is 0 Å². The Morgan fingerprint density at radius 2 is 2.00 bits per heavy atom. The van der Waals surface area contributed by atoms with Gasteiger partial charge in [-0.2, -0.15) is 0 Å². The minimum absolute atomic E-state index is 0.0279. The largest absolute Gasteiger partial charge is 0.395 e. The molecule has 0 atom stereocenters. The van der Waals surface area contributed by atoms with E-state index in [9.17, 15) is 14.4 Å². The Kier molecular flexibility index (Phi) is 4.80. The van der Waals surface area contributed by atoms with Gasteiger partial charge in [-0.15, -0.1) is 0 Å². The molecule has 0 saturated heterocycles. The molecule has 128 valence electrons. The van der Waals surface area contributed by atoms with Crippen LogP contribution in [-0.2, 0) is 20.8 Å². The van der Waals surface area contributed by atoms with Crippen molar-refractivity contribution in [3.05, 3.63) is 23.8 Å². The van der Waals surface area contributed by atoms with Crippen molar-refractivity contribution in [1.29, 1.82) is 0 Å². The van der Waals surface area contributed by atoms with E-state index >= 15 is 0 Å². The molecule has 1 heterocycles. The summed E-state index contributed by atoms with van der Waals surface area (Å²) in [6.45, 7) is 0.493. The van der Waals surface area contributed by atoms with Crippen LogP contribution in [0.15, 0.2) is 18.2 Å². The normalized spacial score (nSPS) is 16.3. The average Bonchev–Trinajstić information content (AvgIpc) is 3.43. The zero-order valence-corrected chi connectivity index (χ0v) is 13.4. The number of aryl methyl sites for hydroxylation is 1. The monoisotopic (exact) mass is 331 g/mol. The van der Waals surface area contributed by atoms with Crippen LogP contribution in [0.2, 0.25) is 0 Å². The van der Waals surface area contributed by atoms with E-state index in [4.69, 9.17) is 5.11 Å². The molecule has 0 spiro atoms. The Morgan fingerprint density at radius 3 is 2.71 bits per heavy atom. The number of amides is 3. The van der Waals surface area contributed by atoms with E-state index in [1.54, 1.807) is 17.0 Å². The molecule has 1 fully saturated rings. The van der Waals surface area contributed by atoms with Gasteiger partial charge in [-0.05, 0) is 43.4 Å². The van der Waals surface area contributed by atoms with Crippen molar-refractivity contribution < 1.29 is 19.5 Å². The lowest BCUT2D eigenvalue weighted by atomic mass is 10.0. The molecule has 3 N–H and O–H groups in total. The number of carbonyl (C=O) groups excluding carboxylic acids is 3. The first-order valence-electron chi connectivity index (χ1n) is 8.24.